The Morgan fingerprint density at radius 3 is 3.00 bits per heavy atom. The van der Waals surface area contributed by atoms with E-state index >= 15 is 0 Å². The molecule has 0 aliphatic carbocycles. The standard InChI is InChI=1S/C11H12Br2N2O2S/c1-16-3-2-14-5-7-6-17-11(15-7)8-4-9(12)18-10(8)13/h4,6,14H,2-3,5H2,1H3. The molecule has 0 aliphatic heterocycles. The molecule has 1 N–H and O–H groups in total. The zero-order valence-electron chi connectivity index (χ0n) is 9.70. The maximum absolute atomic E-state index is 5.48. The third kappa shape index (κ3) is 3.64. The minimum Gasteiger partial charge on any atom is -0.444 e. The maximum atomic E-state index is 5.48. The van der Waals surface area contributed by atoms with Crippen LogP contribution in [0.1, 0.15) is 5.69 Å². The molecular formula is C11H12Br2N2O2S. The second kappa shape index (κ2) is 6.81. The van der Waals surface area contributed by atoms with Crippen molar-refractivity contribution in [2.75, 3.05) is 20.3 Å². The van der Waals surface area contributed by atoms with Crippen molar-refractivity contribution in [3.8, 4) is 11.5 Å². The Morgan fingerprint density at radius 2 is 2.33 bits per heavy atom. The summed E-state index contributed by atoms with van der Waals surface area (Å²) in [6.07, 6.45) is 1.67. The SMILES string of the molecule is COCCNCc1coc(-c2cc(Br)sc2Br)n1. The van der Waals surface area contributed by atoms with Crippen LogP contribution in [0, 0.1) is 0 Å². The van der Waals surface area contributed by atoms with E-state index in [1.807, 2.05) is 6.07 Å². The maximum Gasteiger partial charge on any atom is 0.228 e. The Labute approximate surface area is 126 Å². The summed E-state index contributed by atoms with van der Waals surface area (Å²) >= 11 is 8.53. The van der Waals surface area contributed by atoms with E-state index in [0.29, 0.717) is 19.0 Å². The van der Waals surface area contributed by atoms with Gasteiger partial charge in [-0.1, -0.05) is 0 Å². The first-order valence-electron chi connectivity index (χ1n) is 5.30. The summed E-state index contributed by atoms with van der Waals surface area (Å²) in [5.74, 6) is 0.632. The van der Waals surface area contributed by atoms with Gasteiger partial charge in [0.1, 0.15) is 6.26 Å². The highest BCUT2D eigenvalue weighted by Crippen LogP contribution is 2.37. The predicted molar refractivity (Wildman–Crippen MR) is 78.8 cm³/mol. The summed E-state index contributed by atoms with van der Waals surface area (Å²) in [5.41, 5.74) is 1.85. The molecule has 0 saturated heterocycles. The van der Waals surface area contributed by atoms with Gasteiger partial charge < -0.3 is 14.5 Å². The van der Waals surface area contributed by atoms with Crippen LogP contribution in [0.15, 0.2) is 24.3 Å². The molecule has 4 nitrogen and oxygen atoms in total. The first-order chi connectivity index (χ1) is 8.70. The van der Waals surface area contributed by atoms with E-state index in [9.17, 15) is 0 Å². The monoisotopic (exact) mass is 394 g/mol. The summed E-state index contributed by atoms with van der Waals surface area (Å²) < 4.78 is 12.5. The highest BCUT2D eigenvalue weighted by molar-refractivity contribution is 9.12. The van der Waals surface area contributed by atoms with Crippen LogP contribution in [-0.2, 0) is 11.3 Å². The molecule has 0 radical (unpaired) electrons. The van der Waals surface area contributed by atoms with E-state index in [-0.39, 0.29) is 0 Å². The fourth-order valence-electron chi connectivity index (χ4n) is 1.39. The van der Waals surface area contributed by atoms with Crippen molar-refractivity contribution in [1.82, 2.24) is 10.3 Å². The molecule has 0 unspecified atom stereocenters. The van der Waals surface area contributed by atoms with Gasteiger partial charge in [0.15, 0.2) is 0 Å². The Bertz CT molecular complexity index is 513. The lowest BCUT2D eigenvalue weighted by atomic mass is 10.3. The quantitative estimate of drug-likeness (QED) is 0.758. The van der Waals surface area contributed by atoms with E-state index in [0.717, 1.165) is 25.4 Å². The smallest absolute Gasteiger partial charge is 0.228 e. The fraction of sp³-hybridized carbons (Fsp3) is 0.364. The largest absolute Gasteiger partial charge is 0.444 e. The Hall–Kier alpha value is -0.210. The molecule has 98 valence electrons. The third-order valence-electron chi connectivity index (χ3n) is 2.23. The molecule has 18 heavy (non-hydrogen) atoms. The van der Waals surface area contributed by atoms with Gasteiger partial charge in [-0.05, 0) is 37.9 Å². The molecule has 0 aliphatic rings. The van der Waals surface area contributed by atoms with Gasteiger partial charge in [-0.3, -0.25) is 0 Å². The third-order valence-corrected chi connectivity index (χ3v) is 4.57. The number of thiophene rings is 1. The van der Waals surface area contributed by atoms with Crippen LogP contribution in [0.3, 0.4) is 0 Å². The molecule has 0 bridgehead atoms. The summed E-state index contributed by atoms with van der Waals surface area (Å²) in [5, 5.41) is 3.22. The van der Waals surface area contributed by atoms with Crippen LogP contribution in [-0.4, -0.2) is 25.2 Å². The second-order valence-electron chi connectivity index (χ2n) is 3.55. The number of hydrogen-bond donors (Lipinski definition) is 1. The second-order valence-corrected chi connectivity index (χ2v) is 7.30. The van der Waals surface area contributed by atoms with Gasteiger partial charge in [0.05, 0.1) is 25.4 Å². The first kappa shape index (κ1) is 14.2. The van der Waals surface area contributed by atoms with E-state index < -0.39 is 0 Å². The summed E-state index contributed by atoms with van der Waals surface area (Å²) in [7, 11) is 1.68. The van der Waals surface area contributed by atoms with Crippen LogP contribution in [0.4, 0.5) is 0 Å². The van der Waals surface area contributed by atoms with E-state index in [1.54, 1.807) is 24.7 Å². The van der Waals surface area contributed by atoms with Crippen molar-refractivity contribution >= 4 is 43.2 Å². The van der Waals surface area contributed by atoms with Crippen molar-refractivity contribution in [3.05, 3.63) is 25.6 Å². The van der Waals surface area contributed by atoms with Crippen molar-refractivity contribution in [3.63, 3.8) is 0 Å². The predicted octanol–water partition coefficient (Wildman–Crippen LogP) is 3.66. The van der Waals surface area contributed by atoms with Crippen LogP contribution in [0.5, 0.6) is 0 Å². The molecule has 2 aromatic rings. The zero-order valence-corrected chi connectivity index (χ0v) is 13.7. The normalized spacial score (nSPS) is 11.1. The van der Waals surface area contributed by atoms with Gasteiger partial charge in [-0.15, -0.1) is 11.3 Å². The van der Waals surface area contributed by atoms with Crippen molar-refractivity contribution in [1.29, 1.82) is 0 Å². The van der Waals surface area contributed by atoms with Gasteiger partial charge in [0.2, 0.25) is 5.89 Å². The minimum atomic E-state index is 0.632. The number of ether oxygens (including phenoxy) is 1. The highest BCUT2D eigenvalue weighted by atomic mass is 79.9. The lowest BCUT2D eigenvalue weighted by Gasteiger charge is -1.99. The molecule has 0 atom stereocenters. The average Bonchev–Trinajstić information content (AvgIpc) is 2.91. The molecule has 0 amide bonds. The van der Waals surface area contributed by atoms with Crippen LogP contribution >= 0.6 is 43.2 Å². The Kier molecular flexibility index (Phi) is 5.38. The number of methoxy groups -OCH3 is 1. The number of aromatic nitrogens is 1. The number of rotatable bonds is 6. The molecule has 0 aromatic carbocycles. The van der Waals surface area contributed by atoms with Crippen LogP contribution < -0.4 is 5.32 Å². The van der Waals surface area contributed by atoms with Crippen LogP contribution in [0.2, 0.25) is 0 Å². The van der Waals surface area contributed by atoms with Crippen molar-refractivity contribution in [2.45, 2.75) is 6.54 Å². The van der Waals surface area contributed by atoms with Crippen molar-refractivity contribution in [2.24, 2.45) is 0 Å². The van der Waals surface area contributed by atoms with Crippen LogP contribution in [0.25, 0.3) is 11.5 Å². The molecule has 0 spiro atoms. The molecule has 2 rings (SSSR count). The zero-order chi connectivity index (χ0) is 13.0. The minimum absolute atomic E-state index is 0.632. The Morgan fingerprint density at radius 1 is 1.50 bits per heavy atom. The summed E-state index contributed by atoms with van der Waals surface area (Å²) in [4.78, 5) is 4.44. The van der Waals surface area contributed by atoms with Gasteiger partial charge in [-0.2, -0.15) is 0 Å². The van der Waals surface area contributed by atoms with Gasteiger partial charge in [0, 0.05) is 20.2 Å². The molecular weight excluding hydrogens is 384 g/mol. The number of hydrogen-bond acceptors (Lipinski definition) is 5. The molecule has 2 heterocycles. The van der Waals surface area contributed by atoms with E-state index in [4.69, 9.17) is 9.15 Å². The highest BCUT2D eigenvalue weighted by Gasteiger charge is 2.13. The number of nitrogens with one attached hydrogen (secondary N) is 1. The molecule has 0 fully saturated rings. The molecule has 7 heteroatoms. The lowest BCUT2D eigenvalue weighted by Crippen LogP contribution is -2.18. The molecule has 0 saturated carbocycles. The summed E-state index contributed by atoms with van der Waals surface area (Å²) in [6, 6.07) is 1.99. The number of oxazole rings is 1. The Balaban J connectivity index is 1.99. The first-order valence-corrected chi connectivity index (χ1v) is 7.70. The van der Waals surface area contributed by atoms with E-state index in [1.165, 1.54) is 0 Å². The van der Waals surface area contributed by atoms with Gasteiger partial charge in [0.25, 0.3) is 0 Å². The lowest BCUT2D eigenvalue weighted by molar-refractivity contribution is 0.199. The summed E-state index contributed by atoms with van der Waals surface area (Å²) in [6.45, 7) is 2.16. The fourth-order valence-corrected chi connectivity index (χ4v) is 4.17. The van der Waals surface area contributed by atoms with Gasteiger partial charge >= 0.3 is 0 Å². The van der Waals surface area contributed by atoms with E-state index in [2.05, 4.69) is 42.2 Å². The topological polar surface area (TPSA) is 47.3 Å². The van der Waals surface area contributed by atoms with Crippen molar-refractivity contribution < 1.29 is 9.15 Å². The average molecular weight is 396 g/mol. The number of halogens is 2. The van der Waals surface area contributed by atoms with Gasteiger partial charge in [-0.25, -0.2) is 4.98 Å². The molecule has 2 aromatic heterocycles. The number of nitrogens with zero attached hydrogens (tertiary/aromatic N) is 1.